The zero-order valence-electron chi connectivity index (χ0n) is 11.2. The Balaban J connectivity index is 2.36. The number of amides is 1. The second kappa shape index (κ2) is 5.07. The van der Waals surface area contributed by atoms with E-state index < -0.39 is 5.60 Å². The van der Waals surface area contributed by atoms with Crippen molar-refractivity contribution in [3.05, 3.63) is 0 Å². The number of carbonyl (C=O) groups excluding carboxylic acids is 1. The molecule has 0 heterocycles. The van der Waals surface area contributed by atoms with Crippen LogP contribution >= 0.6 is 0 Å². The highest BCUT2D eigenvalue weighted by atomic mass is 16.6. The Bertz CT molecular complexity index is 245. The number of hydrogen-bond acceptors (Lipinski definition) is 2. The summed E-state index contributed by atoms with van der Waals surface area (Å²) < 4.78 is 5.25. The monoisotopic (exact) mass is 227 g/mol. The van der Waals surface area contributed by atoms with Crippen molar-refractivity contribution in [1.29, 1.82) is 0 Å². The first-order valence-corrected chi connectivity index (χ1v) is 6.31. The van der Waals surface area contributed by atoms with E-state index in [4.69, 9.17) is 4.74 Å². The van der Waals surface area contributed by atoms with Crippen LogP contribution < -0.4 is 5.32 Å². The van der Waals surface area contributed by atoms with Gasteiger partial charge >= 0.3 is 6.09 Å². The highest BCUT2D eigenvalue weighted by Crippen LogP contribution is 2.33. The molecule has 1 fully saturated rings. The molecule has 1 N–H and O–H groups in total. The van der Waals surface area contributed by atoms with Gasteiger partial charge in [0, 0.05) is 6.04 Å². The van der Waals surface area contributed by atoms with E-state index in [1.54, 1.807) is 0 Å². The van der Waals surface area contributed by atoms with Gasteiger partial charge in [0.25, 0.3) is 0 Å². The first-order valence-electron chi connectivity index (χ1n) is 6.31. The summed E-state index contributed by atoms with van der Waals surface area (Å²) in [6.07, 6.45) is 3.10. The number of ether oxygens (including phenoxy) is 1. The van der Waals surface area contributed by atoms with Crippen molar-refractivity contribution in [3.8, 4) is 0 Å². The molecule has 1 aliphatic rings. The predicted octanol–water partition coefficient (Wildman–Crippen LogP) is 3.34. The van der Waals surface area contributed by atoms with Gasteiger partial charge in [0.2, 0.25) is 0 Å². The smallest absolute Gasteiger partial charge is 0.407 e. The third-order valence-corrected chi connectivity index (χ3v) is 3.29. The zero-order valence-corrected chi connectivity index (χ0v) is 11.2. The molecule has 3 nitrogen and oxygen atoms in total. The molecule has 94 valence electrons. The summed E-state index contributed by atoms with van der Waals surface area (Å²) in [6.45, 7) is 10.2. The second-order valence-electron chi connectivity index (χ2n) is 5.96. The van der Waals surface area contributed by atoms with Gasteiger partial charge in [-0.15, -0.1) is 0 Å². The fourth-order valence-electron chi connectivity index (χ4n) is 2.50. The van der Waals surface area contributed by atoms with Gasteiger partial charge in [0.1, 0.15) is 5.60 Å². The molecule has 0 radical (unpaired) electrons. The molecule has 0 saturated heterocycles. The molecule has 0 aromatic carbocycles. The fraction of sp³-hybridized carbons (Fsp3) is 0.923. The summed E-state index contributed by atoms with van der Waals surface area (Å²) in [6, 6.07) is 0.301. The van der Waals surface area contributed by atoms with Gasteiger partial charge in [-0.2, -0.15) is 0 Å². The van der Waals surface area contributed by atoms with E-state index in [-0.39, 0.29) is 6.09 Å². The topological polar surface area (TPSA) is 38.3 Å². The van der Waals surface area contributed by atoms with Crippen molar-refractivity contribution >= 4 is 6.09 Å². The molecule has 0 bridgehead atoms. The zero-order chi connectivity index (χ0) is 12.3. The lowest BCUT2D eigenvalue weighted by Crippen LogP contribution is -2.38. The molecule has 0 aliphatic heterocycles. The van der Waals surface area contributed by atoms with Crippen LogP contribution in [0.2, 0.25) is 0 Å². The number of carbonyl (C=O) groups is 1. The third kappa shape index (κ3) is 4.03. The minimum absolute atomic E-state index is 0.276. The Labute approximate surface area is 98.9 Å². The second-order valence-corrected chi connectivity index (χ2v) is 5.96. The van der Waals surface area contributed by atoms with Gasteiger partial charge in [0.05, 0.1) is 0 Å². The largest absolute Gasteiger partial charge is 0.444 e. The molecule has 0 aromatic heterocycles. The average Bonchev–Trinajstić information content (AvgIpc) is 2.42. The molecule has 1 amide bonds. The Kier molecular flexibility index (Phi) is 4.22. The fourth-order valence-corrected chi connectivity index (χ4v) is 2.50. The van der Waals surface area contributed by atoms with Crippen molar-refractivity contribution in [2.45, 2.75) is 65.5 Å². The van der Waals surface area contributed by atoms with Crippen LogP contribution in [0.5, 0.6) is 0 Å². The molecule has 1 aliphatic carbocycles. The van der Waals surface area contributed by atoms with Crippen LogP contribution in [0.1, 0.15) is 53.9 Å². The summed E-state index contributed by atoms with van der Waals surface area (Å²) in [4.78, 5) is 11.6. The first-order chi connectivity index (χ1) is 7.31. The third-order valence-electron chi connectivity index (χ3n) is 3.29. The summed E-state index contributed by atoms with van der Waals surface area (Å²) in [5.74, 6) is 1.46. The quantitative estimate of drug-likeness (QED) is 0.785. The van der Waals surface area contributed by atoms with Crippen LogP contribution in [-0.4, -0.2) is 17.7 Å². The van der Waals surface area contributed by atoms with E-state index in [1.807, 2.05) is 20.8 Å². The van der Waals surface area contributed by atoms with Crippen molar-refractivity contribution in [2.75, 3.05) is 0 Å². The van der Waals surface area contributed by atoms with Gasteiger partial charge < -0.3 is 10.1 Å². The molecule has 3 heteroatoms. The SMILES string of the molecule is CC[C@H]1C[C@H](NC(=O)OC(C)(C)C)C[C@@H]1C. The van der Waals surface area contributed by atoms with Gasteiger partial charge in [0.15, 0.2) is 0 Å². The lowest BCUT2D eigenvalue weighted by Gasteiger charge is -2.21. The molecule has 0 spiro atoms. The first kappa shape index (κ1) is 13.3. The van der Waals surface area contributed by atoms with Crippen LogP contribution in [0.15, 0.2) is 0 Å². The number of alkyl carbamates (subject to hydrolysis) is 1. The Hall–Kier alpha value is -0.730. The van der Waals surface area contributed by atoms with Crippen LogP contribution in [-0.2, 0) is 4.74 Å². The Morgan fingerprint density at radius 1 is 1.38 bits per heavy atom. The van der Waals surface area contributed by atoms with Crippen LogP contribution in [0.4, 0.5) is 4.79 Å². The van der Waals surface area contributed by atoms with E-state index in [0.717, 1.165) is 18.8 Å². The molecule has 3 atom stereocenters. The van der Waals surface area contributed by atoms with Gasteiger partial charge in [-0.05, 0) is 45.4 Å². The summed E-state index contributed by atoms with van der Waals surface area (Å²) in [5, 5.41) is 2.97. The number of hydrogen-bond donors (Lipinski definition) is 1. The maximum absolute atomic E-state index is 11.6. The van der Waals surface area contributed by atoms with Crippen molar-refractivity contribution in [2.24, 2.45) is 11.8 Å². The van der Waals surface area contributed by atoms with Gasteiger partial charge in [-0.3, -0.25) is 0 Å². The molecule has 0 unspecified atom stereocenters. The summed E-state index contributed by atoms with van der Waals surface area (Å²) in [7, 11) is 0. The van der Waals surface area contributed by atoms with Crippen molar-refractivity contribution in [3.63, 3.8) is 0 Å². The number of rotatable bonds is 2. The minimum Gasteiger partial charge on any atom is -0.444 e. The average molecular weight is 227 g/mol. The Morgan fingerprint density at radius 2 is 2.00 bits per heavy atom. The highest BCUT2D eigenvalue weighted by molar-refractivity contribution is 5.68. The molecule has 0 aromatic rings. The van der Waals surface area contributed by atoms with Gasteiger partial charge in [-0.25, -0.2) is 4.79 Å². The normalized spacial score (nSPS) is 30.2. The lowest BCUT2D eigenvalue weighted by molar-refractivity contribution is 0.0504. The van der Waals surface area contributed by atoms with Crippen molar-refractivity contribution in [1.82, 2.24) is 5.32 Å². The van der Waals surface area contributed by atoms with Crippen LogP contribution in [0.3, 0.4) is 0 Å². The number of nitrogens with one attached hydrogen (secondary N) is 1. The predicted molar refractivity (Wildman–Crippen MR) is 65.3 cm³/mol. The summed E-state index contributed by atoms with van der Waals surface area (Å²) >= 11 is 0. The van der Waals surface area contributed by atoms with E-state index in [2.05, 4.69) is 19.2 Å². The molecule has 1 saturated carbocycles. The Morgan fingerprint density at radius 3 is 2.44 bits per heavy atom. The summed E-state index contributed by atoms with van der Waals surface area (Å²) in [5.41, 5.74) is -0.404. The maximum atomic E-state index is 11.6. The van der Waals surface area contributed by atoms with E-state index >= 15 is 0 Å². The minimum atomic E-state index is -0.404. The lowest BCUT2D eigenvalue weighted by atomic mass is 9.96. The van der Waals surface area contributed by atoms with Crippen LogP contribution in [0, 0.1) is 11.8 Å². The maximum Gasteiger partial charge on any atom is 0.407 e. The standard InChI is InChI=1S/C13H25NO2/c1-6-10-8-11(7-9(10)2)14-12(15)16-13(3,4)5/h9-11H,6-8H2,1-5H3,(H,14,15)/t9-,10-,11+/m0/s1. The highest BCUT2D eigenvalue weighted by Gasteiger charge is 2.31. The van der Waals surface area contributed by atoms with Crippen LogP contribution in [0.25, 0.3) is 0 Å². The molecule has 16 heavy (non-hydrogen) atoms. The van der Waals surface area contributed by atoms with E-state index in [9.17, 15) is 4.79 Å². The van der Waals surface area contributed by atoms with E-state index in [0.29, 0.717) is 12.0 Å². The van der Waals surface area contributed by atoms with Gasteiger partial charge in [-0.1, -0.05) is 20.3 Å². The van der Waals surface area contributed by atoms with Crippen molar-refractivity contribution < 1.29 is 9.53 Å². The molecule has 1 rings (SSSR count). The molecular formula is C13H25NO2. The van der Waals surface area contributed by atoms with E-state index in [1.165, 1.54) is 6.42 Å². The molecular weight excluding hydrogens is 202 g/mol.